The Bertz CT molecular complexity index is 400. The number of hydrogen-bond donors (Lipinski definition) is 0. The second-order valence-corrected chi connectivity index (χ2v) is 5.96. The van der Waals surface area contributed by atoms with Crippen LogP contribution in [0.2, 0.25) is 0 Å². The summed E-state index contributed by atoms with van der Waals surface area (Å²) in [6.07, 6.45) is 4.45. The Kier molecular flexibility index (Phi) is 7.44. The molecule has 5 heteroatoms. The van der Waals surface area contributed by atoms with E-state index in [1.54, 1.807) is 0 Å². The van der Waals surface area contributed by atoms with E-state index in [0.29, 0.717) is 24.7 Å². The number of carbonyl (C=O) groups excluding carboxylic acids is 1. The van der Waals surface area contributed by atoms with Gasteiger partial charge in [0.1, 0.15) is 11.5 Å². The summed E-state index contributed by atoms with van der Waals surface area (Å²) >= 11 is 0. The normalized spacial score (nSPS) is 11.5. The predicted octanol–water partition coefficient (Wildman–Crippen LogP) is 2.85. The molecule has 0 N–H and O–H groups in total. The molecule has 0 saturated carbocycles. The van der Waals surface area contributed by atoms with E-state index in [1.165, 1.54) is 0 Å². The molecular formula is C15H27N3O2. The lowest BCUT2D eigenvalue weighted by atomic mass is 10.0. The van der Waals surface area contributed by atoms with Crippen LogP contribution in [0.4, 0.5) is 0 Å². The zero-order valence-corrected chi connectivity index (χ0v) is 13.1. The molecule has 1 heterocycles. The Labute approximate surface area is 121 Å². The summed E-state index contributed by atoms with van der Waals surface area (Å²) in [6, 6.07) is 0. The highest BCUT2D eigenvalue weighted by atomic mass is 16.5. The number of hydrogen-bond acceptors (Lipinski definition) is 4. The van der Waals surface area contributed by atoms with Crippen LogP contribution in [0, 0.1) is 11.8 Å². The molecular weight excluding hydrogens is 254 g/mol. The van der Waals surface area contributed by atoms with Gasteiger partial charge in [-0.25, -0.2) is 0 Å². The maximum atomic E-state index is 11.5. The second-order valence-electron chi connectivity index (χ2n) is 5.96. The van der Waals surface area contributed by atoms with Gasteiger partial charge in [0.05, 0.1) is 12.8 Å². The van der Waals surface area contributed by atoms with Crippen LogP contribution in [0.5, 0.6) is 0 Å². The van der Waals surface area contributed by atoms with Gasteiger partial charge in [-0.05, 0) is 18.8 Å². The van der Waals surface area contributed by atoms with Crippen LogP contribution in [-0.2, 0) is 22.7 Å². The van der Waals surface area contributed by atoms with Crippen LogP contribution in [0.25, 0.3) is 0 Å². The van der Waals surface area contributed by atoms with Crippen molar-refractivity contribution in [3.63, 3.8) is 0 Å². The summed E-state index contributed by atoms with van der Waals surface area (Å²) in [5, 5.41) is 8.14. The molecule has 0 saturated heterocycles. The van der Waals surface area contributed by atoms with Crippen molar-refractivity contribution in [2.45, 2.75) is 60.1 Å². The van der Waals surface area contributed by atoms with Gasteiger partial charge in [-0.2, -0.15) is 0 Å². The Balaban J connectivity index is 2.18. The molecule has 1 aromatic rings. The van der Waals surface area contributed by atoms with Gasteiger partial charge in [0.15, 0.2) is 0 Å². The average molecular weight is 281 g/mol. The van der Waals surface area contributed by atoms with Crippen molar-refractivity contribution in [1.29, 1.82) is 0 Å². The quantitative estimate of drug-likeness (QED) is 0.619. The summed E-state index contributed by atoms with van der Waals surface area (Å²) in [4.78, 5) is 11.5. The monoisotopic (exact) mass is 281 g/mol. The number of nitrogens with zero attached hydrogens (tertiary/aromatic N) is 3. The maximum Gasteiger partial charge on any atom is 0.135 e. The number of ether oxygens (including phenoxy) is 1. The molecule has 114 valence electrons. The van der Waals surface area contributed by atoms with E-state index in [9.17, 15) is 4.79 Å². The van der Waals surface area contributed by atoms with E-state index < -0.39 is 0 Å². The fourth-order valence-corrected chi connectivity index (χ4v) is 1.77. The number of rotatable bonds is 10. The zero-order chi connectivity index (χ0) is 15.0. The van der Waals surface area contributed by atoms with E-state index in [2.05, 4.69) is 24.2 Å². The smallest absolute Gasteiger partial charge is 0.135 e. The molecule has 0 spiro atoms. The van der Waals surface area contributed by atoms with Crippen molar-refractivity contribution in [2.24, 2.45) is 11.8 Å². The Morgan fingerprint density at radius 1 is 1.30 bits per heavy atom. The van der Waals surface area contributed by atoms with E-state index in [4.69, 9.17) is 4.74 Å². The summed E-state index contributed by atoms with van der Waals surface area (Å²) in [7, 11) is 0. The topological polar surface area (TPSA) is 57.0 Å². The summed E-state index contributed by atoms with van der Waals surface area (Å²) in [6.45, 7) is 10.2. The molecule has 0 bridgehead atoms. The molecule has 0 radical (unpaired) electrons. The van der Waals surface area contributed by atoms with Crippen LogP contribution >= 0.6 is 0 Å². The zero-order valence-electron chi connectivity index (χ0n) is 13.1. The van der Waals surface area contributed by atoms with Gasteiger partial charge in [0, 0.05) is 25.5 Å². The molecule has 0 atom stereocenters. The molecule has 1 aromatic heterocycles. The standard InChI is InChI=1S/C15H27N3O2/c1-12(2)10-20-11-14-9-18(17-16-14)8-6-5-7-15(19)13(3)4/h9,12-13H,5-8,10-11H2,1-4H3. The van der Waals surface area contributed by atoms with Crippen LogP contribution in [0.3, 0.4) is 0 Å². The summed E-state index contributed by atoms with van der Waals surface area (Å²) in [5.74, 6) is 1.01. The molecule has 0 aliphatic carbocycles. The van der Waals surface area contributed by atoms with E-state index in [0.717, 1.165) is 31.7 Å². The fourth-order valence-electron chi connectivity index (χ4n) is 1.77. The average Bonchev–Trinajstić information content (AvgIpc) is 2.81. The number of ketones is 1. The minimum atomic E-state index is 0.145. The number of carbonyl (C=O) groups is 1. The molecule has 0 amide bonds. The van der Waals surface area contributed by atoms with Crippen LogP contribution in [0.1, 0.15) is 52.7 Å². The van der Waals surface area contributed by atoms with Crippen molar-refractivity contribution in [1.82, 2.24) is 15.0 Å². The van der Waals surface area contributed by atoms with Crippen molar-refractivity contribution in [2.75, 3.05) is 6.61 Å². The van der Waals surface area contributed by atoms with Gasteiger partial charge in [-0.15, -0.1) is 5.10 Å². The molecule has 20 heavy (non-hydrogen) atoms. The minimum absolute atomic E-state index is 0.145. The molecule has 0 fully saturated rings. The highest BCUT2D eigenvalue weighted by Crippen LogP contribution is 2.06. The van der Waals surface area contributed by atoms with Crippen molar-refractivity contribution in [3.8, 4) is 0 Å². The van der Waals surface area contributed by atoms with E-state index in [1.807, 2.05) is 24.7 Å². The third-order valence-corrected chi connectivity index (χ3v) is 2.99. The van der Waals surface area contributed by atoms with Crippen molar-refractivity contribution in [3.05, 3.63) is 11.9 Å². The van der Waals surface area contributed by atoms with E-state index >= 15 is 0 Å². The highest BCUT2D eigenvalue weighted by molar-refractivity contribution is 5.80. The van der Waals surface area contributed by atoms with Gasteiger partial charge in [-0.3, -0.25) is 9.48 Å². The van der Waals surface area contributed by atoms with Crippen LogP contribution < -0.4 is 0 Å². The van der Waals surface area contributed by atoms with Gasteiger partial charge in [0.25, 0.3) is 0 Å². The van der Waals surface area contributed by atoms with Crippen molar-refractivity contribution < 1.29 is 9.53 Å². The molecule has 0 aliphatic heterocycles. The molecule has 0 aliphatic rings. The first-order valence-corrected chi connectivity index (χ1v) is 7.48. The van der Waals surface area contributed by atoms with Gasteiger partial charge < -0.3 is 4.74 Å². The minimum Gasteiger partial charge on any atom is -0.375 e. The maximum absolute atomic E-state index is 11.5. The Hall–Kier alpha value is -1.23. The predicted molar refractivity (Wildman–Crippen MR) is 78.2 cm³/mol. The fraction of sp³-hybridized carbons (Fsp3) is 0.800. The lowest BCUT2D eigenvalue weighted by molar-refractivity contribution is -0.122. The Morgan fingerprint density at radius 3 is 2.70 bits per heavy atom. The first-order valence-electron chi connectivity index (χ1n) is 7.48. The summed E-state index contributed by atoms with van der Waals surface area (Å²) < 4.78 is 7.34. The molecule has 1 rings (SSSR count). The summed E-state index contributed by atoms with van der Waals surface area (Å²) in [5.41, 5.74) is 0.865. The van der Waals surface area contributed by atoms with Crippen molar-refractivity contribution >= 4 is 5.78 Å². The number of unbranched alkanes of at least 4 members (excludes halogenated alkanes) is 1. The number of Topliss-reactive ketones (excluding diaryl/α,β-unsaturated/α-hetero) is 1. The SMILES string of the molecule is CC(C)COCc1cn(CCCCC(=O)C(C)C)nn1. The first kappa shape index (κ1) is 16.8. The number of aromatic nitrogens is 3. The largest absolute Gasteiger partial charge is 0.375 e. The van der Waals surface area contributed by atoms with Crippen LogP contribution in [-0.4, -0.2) is 27.4 Å². The third kappa shape index (κ3) is 6.80. The first-order chi connectivity index (χ1) is 9.49. The van der Waals surface area contributed by atoms with Gasteiger partial charge in [-0.1, -0.05) is 32.9 Å². The van der Waals surface area contributed by atoms with E-state index in [-0.39, 0.29) is 5.92 Å². The second kappa shape index (κ2) is 8.84. The highest BCUT2D eigenvalue weighted by Gasteiger charge is 2.07. The van der Waals surface area contributed by atoms with Gasteiger partial charge >= 0.3 is 0 Å². The molecule has 0 unspecified atom stereocenters. The lowest BCUT2D eigenvalue weighted by Crippen LogP contribution is -2.07. The van der Waals surface area contributed by atoms with Crippen LogP contribution in [0.15, 0.2) is 6.20 Å². The Morgan fingerprint density at radius 2 is 2.05 bits per heavy atom. The third-order valence-electron chi connectivity index (χ3n) is 2.99. The molecule has 5 nitrogen and oxygen atoms in total. The lowest BCUT2D eigenvalue weighted by Gasteiger charge is -2.04. The molecule has 0 aromatic carbocycles. The number of aryl methyl sites for hydroxylation is 1. The van der Waals surface area contributed by atoms with Gasteiger partial charge in [0.2, 0.25) is 0 Å².